The number of carbonyl (C=O) groups is 1. The number of morpholine rings is 1. The van der Waals surface area contributed by atoms with Crippen molar-refractivity contribution in [1.82, 2.24) is 24.8 Å². The Morgan fingerprint density at radius 1 is 1.02 bits per heavy atom. The summed E-state index contributed by atoms with van der Waals surface area (Å²) in [6.45, 7) is 4.23. The number of carbonyl (C=O) groups excluding carboxylic acids is 1. The first kappa shape index (κ1) is 31.7. The standard InChI is InChI=1S/C32H30F3N7O5/c1-44-26-17-24-25(18-27(26)46-15-12-41-10-13-45-14-11-41)37-20-38-30(24)47-23-9-5-8-22(16-23)42(21-6-3-2-4-7-21)29(39-31(36)43)19-28(40-42)32(33,34)35/h2-9,16-20H,10-15H2,1H3,(H2-,36,39,40,43)/p+1. The smallest absolute Gasteiger partial charge is 0.438 e. The molecule has 1 unspecified atom stereocenters. The minimum absolute atomic E-state index is 0.170. The molecule has 4 aromatic rings. The van der Waals surface area contributed by atoms with Crippen molar-refractivity contribution in [1.29, 1.82) is 0 Å². The second-order valence-electron chi connectivity index (χ2n) is 10.6. The van der Waals surface area contributed by atoms with Gasteiger partial charge in [-0.15, -0.1) is 0 Å². The van der Waals surface area contributed by atoms with E-state index in [1.165, 1.54) is 19.5 Å². The number of benzene rings is 3. The molecule has 3 N–H and O–H groups in total. The number of primary amides is 1. The van der Waals surface area contributed by atoms with Crippen molar-refractivity contribution in [2.75, 3.05) is 46.6 Å². The number of allylic oxidation sites excluding steroid dienone is 1. The van der Waals surface area contributed by atoms with Gasteiger partial charge in [-0.1, -0.05) is 34.0 Å². The van der Waals surface area contributed by atoms with E-state index < -0.39 is 22.5 Å². The number of quaternary nitrogens is 1. The van der Waals surface area contributed by atoms with Gasteiger partial charge in [0.25, 0.3) is 0 Å². The number of amides is 2. The van der Waals surface area contributed by atoms with Gasteiger partial charge in [0.05, 0.1) is 37.3 Å². The van der Waals surface area contributed by atoms with Gasteiger partial charge in [0.15, 0.2) is 22.9 Å². The summed E-state index contributed by atoms with van der Waals surface area (Å²) in [6, 6.07) is 16.9. The number of alkyl halides is 3. The Labute approximate surface area is 267 Å². The normalized spacial score (nSPS) is 18.4. The van der Waals surface area contributed by atoms with Crippen LogP contribution in [0.25, 0.3) is 10.9 Å². The topological polar surface area (TPSA) is 133 Å². The molecule has 6 rings (SSSR count). The summed E-state index contributed by atoms with van der Waals surface area (Å²) in [6.07, 6.45) is -2.71. The fourth-order valence-corrected chi connectivity index (χ4v) is 5.40. The number of ether oxygens (including phenoxy) is 4. The Morgan fingerprint density at radius 3 is 2.51 bits per heavy atom. The number of urea groups is 1. The van der Waals surface area contributed by atoms with Crippen LogP contribution in [0.2, 0.25) is 0 Å². The summed E-state index contributed by atoms with van der Waals surface area (Å²) in [5.74, 6) is 1.13. The number of para-hydroxylation sites is 1. The fraction of sp³-hybridized carbons (Fsp3) is 0.250. The van der Waals surface area contributed by atoms with Gasteiger partial charge in [-0.05, 0) is 12.1 Å². The SMILES string of the molecule is COc1cc2c(Oc3cccc([N+]4(c5ccccc5)N=C(C(F)(F)F)C=C4NC(N)=O)c3)ncnc2cc1OCCN1CCOCC1. The highest BCUT2D eigenvalue weighted by molar-refractivity contribution is 6.04. The van der Waals surface area contributed by atoms with Crippen LogP contribution >= 0.6 is 0 Å². The molecule has 0 aliphatic carbocycles. The molecule has 3 heterocycles. The Hall–Kier alpha value is -5.25. The van der Waals surface area contributed by atoms with E-state index in [2.05, 4.69) is 25.3 Å². The van der Waals surface area contributed by atoms with E-state index in [9.17, 15) is 18.0 Å². The first-order chi connectivity index (χ1) is 22.7. The lowest BCUT2D eigenvalue weighted by molar-refractivity contribution is -0.0580. The first-order valence-electron chi connectivity index (χ1n) is 14.6. The molecule has 1 atom stereocenters. The van der Waals surface area contributed by atoms with Crippen LogP contribution in [0.1, 0.15) is 0 Å². The van der Waals surface area contributed by atoms with Gasteiger partial charge in [-0.2, -0.15) is 13.2 Å². The Kier molecular flexibility index (Phi) is 8.93. The number of methoxy groups -OCH3 is 1. The molecule has 0 spiro atoms. The number of halogens is 3. The molecule has 0 saturated carbocycles. The zero-order chi connectivity index (χ0) is 33.0. The van der Waals surface area contributed by atoms with Crippen molar-refractivity contribution in [3.05, 3.63) is 85.0 Å². The van der Waals surface area contributed by atoms with Crippen molar-refractivity contribution < 1.29 is 36.9 Å². The summed E-state index contributed by atoms with van der Waals surface area (Å²) in [7, 11) is 1.52. The zero-order valence-electron chi connectivity index (χ0n) is 25.2. The van der Waals surface area contributed by atoms with Crippen molar-refractivity contribution in [3.63, 3.8) is 0 Å². The quantitative estimate of drug-likeness (QED) is 0.223. The van der Waals surface area contributed by atoms with Crippen molar-refractivity contribution in [2.45, 2.75) is 6.18 Å². The predicted molar refractivity (Wildman–Crippen MR) is 168 cm³/mol. The van der Waals surface area contributed by atoms with Gasteiger partial charge in [0, 0.05) is 50.0 Å². The van der Waals surface area contributed by atoms with Crippen LogP contribution < -0.4 is 29.9 Å². The highest BCUT2D eigenvalue weighted by Gasteiger charge is 2.51. The van der Waals surface area contributed by atoms with Crippen LogP contribution in [0.5, 0.6) is 23.1 Å². The van der Waals surface area contributed by atoms with Crippen LogP contribution in [0.15, 0.2) is 90.1 Å². The number of hydrogen-bond donors (Lipinski definition) is 2. The van der Waals surface area contributed by atoms with E-state index in [4.69, 9.17) is 24.7 Å². The van der Waals surface area contributed by atoms with Crippen molar-refractivity contribution in [3.8, 4) is 23.1 Å². The van der Waals surface area contributed by atoms with Gasteiger partial charge < -0.3 is 24.7 Å². The second-order valence-corrected chi connectivity index (χ2v) is 10.6. The highest BCUT2D eigenvalue weighted by Crippen LogP contribution is 2.45. The van der Waals surface area contributed by atoms with Gasteiger partial charge in [-0.3, -0.25) is 10.2 Å². The molecule has 47 heavy (non-hydrogen) atoms. The third-order valence-corrected chi connectivity index (χ3v) is 7.61. The lowest BCUT2D eigenvalue weighted by Gasteiger charge is -2.29. The van der Waals surface area contributed by atoms with E-state index in [1.807, 2.05) is 0 Å². The molecule has 12 nitrogen and oxygen atoms in total. The Morgan fingerprint density at radius 2 is 1.79 bits per heavy atom. The van der Waals surface area contributed by atoms with Crippen LogP contribution in [0, 0.1) is 0 Å². The molecule has 2 aliphatic rings. The summed E-state index contributed by atoms with van der Waals surface area (Å²) < 4.78 is 64.4. The summed E-state index contributed by atoms with van der Waals surface area (Å²) in [4.78, 5) is 22.9. The molecule has 0 radical (unpaired) electrons. The number of rotatable bonds is 10. The molecular weight excluding hydrogens is 619 g/mol. The molecule has 2 aliphatic heterocycles. The van der Waals surface area contributed by atoms with Gasteiger partial charge >= 0.3 is 12.2 Å². The minimum atomic E-state index is -4.81. The third-order valence-electron chi connectivity index (χ3n) is 7.61. The average molecular weight is 651 g/mol. The molecule has 1 aromatic heterocycles. The second kappa shape index (κ2) is 13.2. The average Bonchev–Trinajstić information content (AvgIpc) is 3.46. The summed E-state index contributed by atoms with van der Waals surface area (Å²) in [5, 5.41) is 6.95. The predicted octanol–water partition coefficient (Wildman–Crippen LogP) is 5.22. The third kappa shape index (κ3) is 6.67. The summed E-state index contributed by atoms with van der Waals surface area (Å²) in [5.41, 5.74) is 5.24. The maximum absolute atomic E-state index is 14.0. The maximum Gasteiger partial charge on any atom is 0.438 e. The van der Waals surface area contributed by atoms with Gasteiger partial charge in [0.2, 0.25) is 17.4 Å². The van der Waals surface area contributed by atoms with E-state index >= 15 is 0 Å². The minimum Gasteiger partial charge on any atom is -0.493 e. The van der Waals surface area contributed by atoms with E-state index in [0.29, 0.717) is 47.9 Å². The molecule has 0 bridgehead atoms. The van der Waals surface area contributed by atoms with Crippen LogP contribution in [0.3, 0.4) is 0 Å². The molecule has 1 fully saturated rings. The molecular formula is C32H31F3N7O5+. The number of aromatic nitrogens is 2. The van der Waals surface area contributed by atoms with Gasteiger partial charge in [-0.25, -0.2) is 14.8 Å². The summed E-state index contributed by atoms with van der Waals surface area (Å²) >= 11 is 0. The van der Waals surface area contributed by atoms with E-state index in [0.717, 1.165) is 25.7 Å². The number of hydrogen-bond acceptors (Lipinski definition) is 9. The highest BCUT2D eigenvalue weighted by atomic mass is 19.4. The molecule has 1 saturated heterocycles. The zero-order valence-corrected chi connectivity index (χ0v) is 25.2. The molecule has 3 aromatic carbocycles. The first-order valence-corrected chi connectivity index (χ1v) is 14.6. The Bertz CT molecular complexity index is 1830. The maximum atomic E-state index is 14.0. The van der Waals surface area contributed by atoms with E-state index in [-0.39, 0.29) is 23.1 Å². The van der Waals surface area contributed by atoms with Crippen molar-refractivity contribution >= 4 is 34.0 Å². The largest absolute Gasteiger partial charge is 0.493 e. The number of nitrogens with one attached hydrogen (secondary N) is 1. The fourth-order valence-electron chi connectivity index (χ4n) is 5.40. The lowest BCUT2D eigenvalue weighted by Crippen LogP contribution is -2.45. The van der Waals surface area contributed by atoms with Gasteiger partial charge in [0.1, 0.15) is 18.7 Å². The van der Waals surface area contributed by atoms with Crippen LogP contribution in [0.4, 0.5) is 29.3 Å². The van der Waals surface area contributed by atoms with Crippen molar-refractivity contribution in [2.24, 2.45) is 10.8 Å². The number of nitrogens with two attached hydrogens (primary N) is 1. The lowest BCUT2D eigenvalue weighted by atomic mass is 10.2. The molecule has 2 amide bonds. The Balaban J connectivity index is 1.35. The van der Waals surface area contributed by atoms with Crippen LogP contribution in [-0.2, 0) is 4.74 Å². The molecule has 15 heteroatoms. The number of fused-ring (bicyclic) bond motifs is 1. The molecule has 244 valence electrons. The van der Waals surface area contributed by atoms with E-state index in [1.54, 1.807) is 60.7 Å². The monoisotopic (exact) mass is 650 g/mol. The number of nitrogens with zero attached hydrogens (tertiary/aromatic N) is 5. The van der Waals surface area contributed by atoms with Crippen LogP contribution in [-0.4, -0.2) is 79.4 Å².